The van der Waals surface area contributed by atoms with Crippen molar-refractivity contribution < 1.29 is 4.74 Å². The molecule has 0 fully saturated rings. The van der Waals surface area contributed by atoms with Crippen LogP contribution in [0.4, 0.5) is 11.6 Å². The molecule has 5 nitrogen and oxygen atoms in total. The highest BCUT2D eigenvalue weighted by atomic mass is 16.5. The monoisotopic (exact) mass is 366 g/mol. The van der Waals surface area contributed by atoms with Crippen molar-refractivity contribution in [2.24, 2.45) is 0 Å². The first-order chi connectivity index (χ1) is 13.8. The highest BCUT2D eigenvalue weighted by Gasteiger charge is 2.11. The van der Waals surface area contributed by atoms with Crippen LogP contribution in [-0.2, 0) is 0 Å². The topological polar surface area (TPSA) is 62.8 Å². The maximum atomic E-state index is 5.41. The van der Waals surface area contributed by atoms with Crippen molar-refractivity contribution in [3.8, 4) is 17.0 Å². The van der Waals surface area contributed by atoms with Crippen molar-refractivity contribution >= 4 is 33.2 Å². The minimum Gasteiger partial charge on any atom is -0.497 e. The van der Waals surface area contributed by atoms with E-state index in [1.807, 2.05) is 24.3 Å². The molecule has 0 spiro atoms. The molecule has 28 heavy (non-hydrogen) atoms. The first-order valence-electron chi connectivity index (χ1n) is 9.04. The van der Waals surface area contributed by atoms with E-state index in [4.69, 9.17) is 9.72 Å². The largest absolute Gasteiger partial charge is 0.497 e. The fraction of sp³-hybridized carbons (Fsp3) is 0.0435. The predicted octanol–water partition coefficient (Wildman–Crippen LogP) is 5.53. The number of aromatic nitrogens is 3. The lowest BCUT2D eigenvalue weighted by Gasteiger charge is -2.12. The number of hydrogen-bond donors (Lipinski definition) is 2. The van der Waals surface area contributed by atoms with Gasteiger partial charge in [-0.05, 0) is 46.5 Å². The van der Waals surface area contributed by atoms with Crippen LogP contribution in [0.3, 0.4) is 0 Å². The molecule has 3 aromatic carbocycles. The van der Waals surface area contributed by atoms with Crippen LogP contribution in [0.25, 0.3) is 32.8 Å². The zero-order valence-corrected chi connectivity index (χ0v) is 15.3. The summed E-state index contributed by atoms with van der Waals surface area (Å²) in [7, 11) is 1.68. The Bertz CT molecular complexity index is 1280. The van der Waals surface area contributed by atoms with Gasteiger partial charge < -0.3 is 10.1 Å². The van der Waals surface area contributed by atoms with E-state index in [9.17, 15) is 0 Å². The van der Waals surface area contributed by atoms with Gasteiger partial charge in [-0.1, -0.05) is 36.4 Å². The van der Waals surface area contributed by atoms with Gasteiger partial charge >= 0.3 is 0 Å². The number of pyridine rings is 1. The Morgan fingerprint density at radius 3 is 2.57 bits per heavy atom. The second-order valence-corrected chi connectivity index (χ2v) is 6.60. The van der Waals surface area contributed by atoms with Crippen molar-refractivity contribution in [2.45, 2.75) is 0 Å². The normalized spacial score (nSPS) is 11.0. The molecule has 2 heterocycles. The summed E-state index contributed by atoms with van der Waals surface area (Å²) in [5.41, 5.74) is 2.00. The van der Waals surface area contributed by atoms with Gasteiger partial charge in [-0.15, -0.1) is 0 Å². The Balaban J connectivity index is 1.72. The number of rotatable bonds is 4. The van der Waals surface area contributed by atoms with E-state index in [1.165, 1.54) is 10.8 Å². The number of aromatic amines is 1. The number of benzene rings is 3. The molecule has 0 radical (unpaired) electrons. The summed E-state index contributed by atoms with van der Waals surface area (Å²) in [6.45, 7) is 0. The van der Waals surface area contributed by atoms with Crippen molar-refractivity contribution in [2.75, 3.05) is 12.4 Å². The summed E-state index contributed by atoms with van der Waals surface area (Å²) in [6.07, 6.45) is 1.71. The van der Waals surface area contributed by atoms with Gasteiger partial charge in [0.15, 0.2) is 0 Å². The lowest BCUT2D eigenvalue weighted by molar-refractivity contribution is 0.415. The van der Waals surface area contributed by atoms with Gasteiger partial charge in [-0.25, -0.2) is 4.98 Å². The zero-order valence-electron chi connectivity index (χ0n) is 15.3. The van der Waals surface area contributed by atoms with Gasteiger partial charge in [-0.3, -0.25) is 5.10 Å². The smallest absolute Gasteiger partial charge is 0.132 e. The molecule has 0 bridgehead atoms. The third kappa shape index (κ3) is 2.93. The van der Waals surface area contributed by atoms with E-state index in [0.29, 0.717) is 0 Å². The Kier molecular flexibility index (Phi) is 3.91. The quantitative estimate of drug-likeness (QED) is 0.439. The molecule has 0 saturated heterocycles. The average molecular weight is 366 g/mol. The molecule has 0 aliphatic rings. The van der Waals surface area contributed by atoms with E-state index in [0.717, 1.165) is 39.4 Å². The number of fused-ring (bicyclic) bond motifs is 2. The Labute approximate surface area is 162 Å². The van der Waals surface area contributed by atoms with E-state index in [1.54, 1.807) is 13.3 Å². The molecule has 5 rings (SSSR count). The molecule has 0 saturated carbocycles. The molecule has 0 aliphatic heterocycles. The molecule has 0 unspecified atom stereocenters. The Hall–Kier alpha value is -3.86. The van der Waals surface area contributed by atoms with Crippen LogP contribution in [0.15, 0.2) is 79.0 Å². The van der Waals surface area contributed by atoms with Crippen LogP contribution in [-0.4, -0.2) is 22.3 Å². The zero-order chi connectivity index (χ0) is 18.9. The molecule has 5 heteroatoms. The fourth-order valence-corrected chi connectivity index (χ4v) is 3.45. The number of anilines is 2. The van der Waals surface area contributed by atoms with Gasteiger partial charge in [0.2, 0.25) is 0 Å². The molecule has 5 aromatic rings. The van der Waals surface area contributed by atoms with E-state index in [2.05, 4.69) is 64.0 Å². The number of ether oxygens (including phenoxy) is 1. The van der Waals surface area contributed by atoms with Crippen molar-refractivity contribution in [3.05, 3.63) is 79.0 Å². The lowest BCUT2D eigenvalue weighted by Crippen LogP contribution is -1.97. The highest BCUT2D eigenvalue weighted by Crippen LogP contribution is 2.33. The Morgan fingerprint density at radius 2 is 1.75 bits per heavy atom. The van der Waals surface area contributed by atoms with Crippen LogP contribution >= 0.6 is 0 Å². The van der Waals surface area contributed by atoms with E-state index < -0.39 is 0 Å². The standard InChI is InChI=1S/C23H18N4O/c1-28-19-8-9-20-18(13-19)14-22(25-21-10-11-24-27-21)26-23(20)17-7-6-15-4-2-3-5-16(15)12-17/h2-14H,1H3,(H2,24,25,26,27). The molecule has 2 N–H and O–H groups in total. The van der Waals surface area contributed by atoms with Crippen molar-refractivity contribution in [1.29, 1.82) is 0 Å². The summed E-state index contributed by atoms with van der Waals surface area (Å²) in [5.74, 6) is 2.35. The van der Waals surface area contributed by atoms with Crippen molar-refractivity contribution in [3.63, 3.8) is 0 Å². The van der Waals surface area contributed by atoms with Gasteiger partial charge in [0.25, 0.3) is 0 Å². The molecule has 136 valence electrons. The number of methoxy groups -OCH3 is 1. The minimum absolute atomic E-state index is 0.744. The maximum absolute atomic E-state index is 5.41. The molecule has 0 aliphatic carbocycles. The summed E-state index contributed by atoms with van der Waals surface area (Å²) in [6, 6.07) is 24.7. The summed E-state index contributed by atoms with van der Waals surface area (Å²) >= 11 is 0. The van der Waals surface area contributed by atoms with Crippen LogP contribution in [0, 0.1) is 0 Å². The highest BCUT2D eigenvalue weighted by molar-refractivity contribution is 5.99. The van der Waals surface area contributed by atoms with E-state index in [-0.39, 0.29) is 0 Å². The molecule has 0 amide bonds. The SMILES string of the molecule is COc1ccc2c(-c3ccc4ccccc4c3)nc(Nc3ccn[nH]3)cc2c1. The summed E-state index contributed by atoms with van der Waals surface area (Å²) in [4.78, 5) is 4.91. The number of nitrogens with one attached hydrogen (secondary N) is 2. The first-order valence-corrected chi connectivity index (χ1v) is 9.04. The second kappa shape index (κ2) is 6.70. The third-order valence-corrected chi connectivity index (χ3v) is 4.82. The van der Waals surface area contributed by atoms with E-state index >= 15 is 0 Å². The molecular weight excluding hydrogens is 348 g/mol. The van der Waals surface area contributed by atoms with Crippen molar-refractivity contribution in [1.82, 2.24) is 15.2 Å². The first kappa shape index (κ1) is 16.3. The number of nitrogens with zero attached hydrogens (tertiary/aromatic N) is 2. The second-order valence-electron chi connectivity index (χ2n) is 6.60. The molecule has 2 aromatic heterocycles. The van der Waals surface area contributed by atoms with Gasteiger partial charge in [0, 0.05) is 17.0 Å². The molecule has 0 atom stereocenters. The van der Waals surface area contributed by atoms with Crippen LogP contribution in [0.1, 0.15) is 0 Å². The average Bonchev–Trinajstić information content (AvgIpc) is 3.25. The number of hydrogen-bond acceptors (Lipinski definition) is 4. The maximum Gasteiger partial charge on any atom is 0.132 e. The predicted molar refractivity (Wildman–Crippen MR) is 113 cm³/mol. The summed E-state index contributed by atoms with van der Waals surface area (Å²) in [5, 5.41) is 14.7. The molecular formula is C23H18N4O. The fourth-order valence-electron chi connectivity index (χ4n) is 3.45. The van der Waals surface area contributed by atoms with Crippen LogP contribution in [0.2, 0.25) is 0 Å². The van der Waals surface area contributed by atoms with Gasteiger partial charge in [0.05, 0.1) is 19.0 Å². The van der Waals surface area contributed by atoms with Gasteiger partial charge in [-0.2, -0.15) is 5.10 Å². The summed E-state index contributed by atoms with van der Waals surface area (Å²) < 4.78 is 5.41. The minimum atomic E-state index is 0.744. The Morgan fingerprint density at radius 1 is 0.857 bits per heavy atom. The third-order valence-electron chi connectivity index (χ3n) is 4.82. The van der Waals surface area contributed by atoms with Crippen LogP contribution in [0.5, 0.6) is 5.75 Å². The van der Waals surface area contributed by atoms with Gasteiger partial charge in [0.1, 0.15) is 17.4 Å². The lowest BCUT2D eigenvalue weighted by atomic mass is 10.0. The van der Waals surface area contributed by atoms with Crippen LogP contribution < -0.4 is 10.1 Å². The number of H-pyrrole nitrogens is 1.